The Morgan fingerprint density at radius 2 is 2.00 bits per heavy atom. The van der Waals surface area contributed by atoms with Crippen LogP contribution >= 0.6 is 27.3 Å². The summed E-state index contributed by atoms with van der Waals surface area (Å²) in [5.41, 5.74) is 1.84. The molecular formula is C15H11BrN2O2S. The van der Waals surface area contributed by atoms with Crippen LogP contribution in [-0.4, -0.2) is 10.9 Å². The summed E-state index contributed by atoms with van der Waals surface area (Å²) in [5.74, 6) is 0.697. The molecular weight excluding hydrogens is 352 g/mol. The number of hydrogen-bond acceptors (Lipinski definition) is 4. The quantitative estimate of drug-likeness (QED) is 0.732. The van der Waals surface area contributed by atoms with E-state index >= 15 is 0 Å². The number of anilines is 1. The minimum Gasteiger partial charge on any atom is -0.456 e. The molecule has 0 bridgehead atoms. The maximum absolute atomic E-state index is 12.0. The number of nitrogens with one attached hydrogen (secondary N) is 1. The summed E-state index contributed by atoms with van der Waals surface area (Å²) in [6, 6.07) is 11.3. The zero-order chi connectivity index (χ0) is 14.8. The molecule has 3 aromatic rings. The number of amides is 1. The lowest BCUT2D eigenvalue weighted by Gasteiger charge is -1.98. The van der Waals surface area contributed by atoms with E-state index in [-0.39, 0.29) is 11.7 Å². The highest BCUT2D eigenvalue weighted by Crippen LogP contribution is 2.26. The van der Waals surface area contributed by atoms with E-state index in [1.165, 1.54) is 11.3 Å². The first-order valence-corrected chi connectivity index (χ1v) is 7.88. The van der Waals surface area contributed by atoms with E-state index in [0.717, 1.165) is 15.7 Å². The molecule has 0 saturated carbocycles. The molecule has 1 N–H and O–H groups in total. The first kappa shape index (κ1) is 14.0. The van der Waals surface area contributed by atoms with Gasteiger partial charge in [0.1, 0.15) is 5.76 Å². The Labute approximate surface area is 134 Å². The Morgan fingerprint density at radius 3 is 2.67 bits per heavy atom. The van der Waals surface area contributed by atoms with E-state index in [1.54, 1.807) is 19.1 Å². The van der Waals surface area contributed by atoms with Crippen molar-refractivity contribution in [1.82, 2.24) is 4.98 Å². The van der Waals surface area contributed by atoms with Gasteiger partial charge in [0.15, 0.2) is 10.9 Å². The van der Waals surface area contributed by atoms with E-state index in [2.05, 4.69) is 26.2 Å². The van der Waals surface area contributed by atoms with Gasteiger partial charge >= 0.3 is 0 Å². The van der Waals surface area contributed by atoms with E-state index in [4.69, 9.17) is 4.42 Å². The fraction of sp³-hybridized carbons (Fsp3) is 0.0667. The monoisotopic (exact) mass is 362 g/mol. The predicted molar refractivity (Wildman–Crippen MR) is 86.6 cm³/mol. The maximum atomic E-state index is 12.0. The van der Waals surface area contributed by atoms with E-state index in [9.17, 15) is 4.79 Å². The largest absolute Gasteiger partial charge is 0.456 e. The summed E-state index contributed by atoms with van der Waals surface area (Å²) in [7, 11) is 0. The van der Waals surface area contributed by atoms with Crippen LogP contribution in [0.4, 0.5) is 5.13 Å². The van der Waals surface area contributed by atoms with Gasteiger partial charge in [-0.05, 0) is 31.2 Å². The fourth-order valence-electron chi connectivity index (χ4n) is 1.80. The number of aromatic nitrogens is 1. The van der Waals surface area contributed by atoms with Crippen molar-refractivity contribution >= 4 is 38.3 Å². The molecule has 0 radical (unpaired) electrons. The van der Waals surface area contributed by atoms with Gasteiger partial charge in [0, 0.05) is 15.4 Å². The second-order valence-corrected chi connectivity index (χ2v) is 6.18. The van der Waals surface area contributed by atoms with Crippen LogP contribution in [0.25, 0.3) is 11.3 Å². The van der Waals surface area contributed by atoms with Crippen LogP contribution in [0.5, 0.6) is 0 Å². The number of nitrogens with zero attached hydrogens (tertiary/aromatic N) is 1. The molecule has 0 saturated heterocycles. The molecule has 0 spiro atoms. The Hall–Kier alpha value is -1.92. The summed E-state index contributed by atoms with van der Waals surface area (Å²) in [6.45, 7) is 1.80. The van der Waals surface area contributed by atoms with Crippen molar-refractivity contribution in [2.45, 2.75) is 6.92 Å². The minimum absolute atomic E-state index is 0.285. The molecule has 2 heterocycles. The second-order valence-electron chi connectivity index (χ2n) is 4.41. The number of aryl methyl sites for hydroxylation is 1. The molecule has 106 valence electrons. The summed E-state index contributed by atoms with van der Waals surface area (Å²) in [4.78, 5) is 16.4. The Kier molecular flexibility index (Phi) is 3.90. The Balaban J connectivity index is 1.76. The van der Waals surface area contributed by atoms with E-state index in [1.807, 2.05) is 29.6 Å². The highest BCUT2D eigenvalue weighted by Gasteiger charge is 2.12. The summed E-state index contributed by atoms with van der Waals surface area (Å²) in [6.07, 6.45) is 0. The number of hydrogen-bond donors (Lipinski definition) is 1. The lowest BCUT2D eigenvalue weighted by molar-refractivity contribution is 0.0995. The molecule has 1 aromatic carbocycles. The standard InChI is InChI=1S/C15H11BrN2O2S/c1-9-2-7-13(20-9)14(19)18-15-17-12(8-21-15)10-3-5-11(16)6-4-10/h2-8H,1H3,(H,17,18,19). The minimum atomic E-state index is -0.292. The molecule has 3 rings (SSSR count). The summed E-state index contributed by atoms with van der Waals surface area (Å²) >= 11 is 4.78. The van der Waals surface area contributed by atoms with Crippen molar-refractivity contribution < 1.29 is 9.21 Å². The second kappa shape index (κ2) is 5.83. The molecule has 21 heavy (non-hydrogen) atoms. The lowest BCUT2D eigenvalue weighted by Crippen LogP contribution is -2.10. The maximum Gasteiger partial charge on any atom is 0.293 e. The van der Waals surface area contributed by atoms with Crippen molar-refractivity contribution in [2.75, 3.05) is 5.32 Å². The molecule has 6 heteroatoms. The smallest absolute Gasteiger partial charge is 0.293 e. The van der Waals surface area contributed by atoms with Crippen molar-refractivity contribution in [2.24, 2.45) is 0 Å². The Bertz CT molecular complexity index is 777. The van der Waals surface area contributed by atoms with Gasteiger partial charge in [0.2, 0.25) is 0 Å². The van der Waals surface area contributed by atoms with Gasteiger partial charge in [-0.3, -0.25) is 10.1 Å². The Morgan fingerprint density at radius 1 is 1.24 bits per heavy atom. The number of furan rings is 1. The zero-order valence-corrected chi connectivity index (χ0v) is 13.5. The summed E-state index contributed by atoms with van der Waals surface area (Å²) in [5, 5.41) is 5.20. The van der Waals surface area contributed by atoms with Crippen LogP contribution in [0.1, 0.15) is 16.3 Å². The first-order chi connectivity index (χ1) is 10.1. The van der Waals surface area contributed by atoms with Gasteiger partial charge in [-0.2, -0.15) is 0 Å². The molecule has 2 aromatic heterocycles. The van der Waals surface area contributed by atoms with Crippen molar-refractivity contribution in [3.05, 3.63) is 57.8 Å². The molecule has 0 fully saturated rings. The third-order valence-corrected chi connectivity index (χ3v) is 4.12. The van der Waals surface area contributed by atoms with Crippen molar-refractivity contribution in [3.63, 3.8) is 0 Å². The number of rotatable bonds is 3. The average Bonchev–Trinajstić information content (AvgIpc) is 3.09. The van der Waals surface area contributed by atoms with Crippen molar-refractivity contribution in [1.29, 1.82) is 0 Å². The van der Waals surface area contributed by atoms with E-state index < -0.39 is 0 Å². The van der Waals surface area contributed by atoms with E-state index in [0.29, 0.717) is 10.9 Å². The third-order valence-electron chi connectivity index (χ3n) is 2.83. The third kappa shape index (κ3) is 3.22. The van der Waals surface area contributed by atoms with Crippen molar-refractivity contribution in [3.8, 4) is 11.3 Å². The number of carbonyl (C=O) groups excluding carboxylic acids is 1. The number of halogens is 1. The van der Waals surface area contributed by atoms with Crippen LogP contribution < -0.4 is 5.32 Å². The number of benzene rings is 1. The van der Waals surface area contributed by atoms with Crippen LogP contribution in [0, 0.1) is 6.92 Å². The molecule has 0 unspecified atom stereocenters. The SMILES string of the molecule is Cc1ccc(C(=O)Nc2nc(-c3ccc(Br)cc3)cs2)o1. The predicted octanol–water partition coefficient (Wildman–Crippen LogP) is 4.73. The number of thiazole rings is 1. The molecule has 0 aliphatic carbocycles. The normalized spacial score (nSPS) is 10.6. The summed E-state index contributed by atoms with van der Waals surface area (Å²) < 4.78 is 6.30. The fourth-order valence-corrected chi connectivity index (χ4v) is 2.78. The van der Waals surface area contributed by atoms with Gasteiger partial charge in [0.05, 0.1) is 5.69 Å². The average molecular weight is 363 g/mol. The van der Waals surface area contributed by atoms with Gasteiger partial charge < -0.3 is 4.42 Å². The van der Waals surface area contributed by atoms with Crippen LogP contribution in [-0.2, 0) is 0 Å². The number of carbonyl (C=O) groups is 1. The zero-order valence-electron chi connectivity index (χ0n) is 11.1. The lowest BCUT2D eigenvalue weighted by atomic mass is 10.2. The van der Waals surface area contributed by atoms with Gasteiger partial charge in [-0.15, -0.1) is 11.3 Å². The van der Waals surface area contributed by atoms with Crippen LogP contribution in [0.2, 0.25) is 0 Å². The highest BCUT2D eigenvalue weighted by molar-refractivity contribution is 9.10. The topological polar surface area (TPSA) is 55.1 Å². The molecule has 1 amide bonds. The van der Waals surface area contributed by atoms with Gasteiger partial charge in [0.25, 0.3) is 5.91 Å². The van der Waals surface area contributed by atoms with Crippen LogP contribution in [0.3, 0.4) is 0 Å². The van der Waals surface area contributed by atoms with Gasteiger partial charge in [-0.25, -0.2) is 4.98 Å². The highest BCUT2D eigenvalue weighted by atomic mass is 79.9. The molecule has 4 nitrogen and oxygen atoms in total. The molecule has 0 aliphatic rings. The first-order valence-electron chi connectivity index (χ1n) is 6.21. The molecule has 0 atom stereocenters. The van der Waals surface area contributed by atoms with Crippen LogP contribution in [0.15, 0.2) is 50.7 Å². The van der Waals surface area contributed by atoms with Gasteiger partial charge in [-0.1, -0.05) is 28.1 Å². The molecule has 0 aliphatic heterocycles.